The van der Waals surface area contributed by atoms with Crippen molar-refractivity contribution >= 4 is 34.0 Å². The van der Waals surface area contributed by atoms with E-state index < -0.39 is 10.8 Å². The van der Waals surface area contributed by atoms with E-state index >= 15 is 0 Å². The van der Waals surface area contributed by atoms with Crippen molar-refractivity contribution in [2.75, 3.05) is 6.61 Å². The Morgan fingerprint density at radius 1 is 1.44 bits per heavy atom. The highest BCUT2D eigenvalue weighted by Crippen LogP contribution is 2.30. The van der Waals surface area contributed by atoms with Crippen LogP contribution in [-0.4, -0.2) is 24.6 Å². The highest BCUT2D eigenvalue weighted by molar-refractivity contribution is 9.09. The van der Waals surface area contributed by atoms with Gasteiger partial charge in [0.25, 0.3) is 0 Å². The summed E-state index contributed by atoms with van der Waals surface area (Å²) in [5.41, 5.74) is 0.898. The summed E-state index contributed by atoms with van der Waals surface area (Å²) in [6.45, 7) is 3.31. The molecule has 0 saturated carbocycles. The molecule has 1 atom stereocenters. The molecule has 0 fully saturated rings. The number of esters is 1. The van der Waals surface area contributed by atoms with E-state index in [9.17, 15) is 14.4 Å². The predicted molar refractivity (Wildman–Crippen MR) is 70.1 cm³/mol. The summed E-state index contributed by atoms with van der Waals surface area (Å²) in [5, 5.41) is 0. The van der Waals surface area contributed by atoms with Crippen molar-refractivity contribution in [2.45, 2.75) is 18.7 Å². The molecule has 1 aromatic rings. The summed E-state index contributed by atoms with van der Waals surface area (Å²) in [4.78, 5) is 33.5. The van der Waals surface area contributed by atoms with Gasteiger partial charge in [0.15, 0.2) is 0 Å². The van der Waals surface area contributed by atoms with Crippen LogP contribution < -0.4 is 0 Å². The number of benzene rings is 1. The Kier molecular flexibility index (Phi) is 5.22. The van der Waals surface area contributed by atoms with Crippen LogP contribution in [0.3, 0.4) is 0 Å². The van der Waals surface area contributed by atoms with Crippen LogP contribution >= 0.6 is 15.9 Å². The van der Waals surface area contributed by atoms with Crippen molar-refractivity contribution in [2.24, 2.45) is 0 Å². The lowest BCUT2D eigenvalue weighted by Gasteiger charge is -2.14. The zero-order valence-electron chi connectivity index (χ0n) is 10.1. The summed E-state index contributed by atoms with van der Waals surface area (Å²) in [7, 11) is 0. The number of aldehydes is 1. The minimum absolute atomic E-state index is 0.185. The minimum Gasteiger partial charge on any atom is -0.462 e. The van der Waals surface area contributed by atoms with Gasteiger partial charge < -0.3 is 4.74 Å². The molecule has 0 saturated heterocycles. The lowest BCUT2D eigenvalue weighted by atomic mass is 9.97. The molecule has 0 aliphatic carbocycles. The van der Waals surface area contributed by atoms with E-state index in [2.05, 4.69) is 15.9 Å². The molecule has 0 amide bonds. The summed E-state index contributed by atoms with van der Waals surface area (Å²) in [6, 6.07) is 4.68. The lowest BCUT2D eigenvalue weighted by molar-refractivity contribution is -0.116. The second-order valence-electron chi connectivity index (χ2n) is 3.62. The molecule has 0 aromatic heterocycles. The number of halogens is 1. The summed E-state index contributed by atoms with van der Waals surface area (Å²) >= 11 is 3.20. The predicted octanol–water partition coefficient (Wildman–Crippen LogP) is 2.70. The maximum Gasteiger partial charge on any atom is 0.338 e. The van der Waals surface area contributed by atoms with Crippen LogP contribution in [0, 0.1) is 0 Å². The second-order valence-corrected chi connectivity index (χ2v) is 4.54. The molecule has 1 aromatic carbocycles. The third-order valence-electron chi connectivity index (χ3n) is 2.37. The number of alkyl halides is 1. The van der Waals surface area contributed by atoms with E-state index in [1.54, 1.807) is 19.1 Å². The molecule has 0 bridgehead atoms. The monoisotopic (exact) mass is 312 g/mol. The first-order valence-corrected chi connectivity index (χ1v) is 6.34. The van der Waals surface area contributed by atoms with E-state index in [1.807, 2.05) is 0 Å². The average Bonchev–Trinajstić information content (AvgIpc) is 2.37. The smallest absolute Gasteiger partial charge is 0.338 e. The van der Waals surface area contributed by atoms with Gasteiger partial charge >= 0.3 is 5.97 Å². The standard InChI is InChI=1S/C13H13BrO4/c1-3-18-13(17)10-6-4-5-9(7-15)11(10)12(14)8(2)16/h4-7,12H,3H2,1-2H3. The molecule has 1 rings (SSSR count). The van der Waals surface area contributed by atoms with Crippen molar-refractivity contribution in [1.29, 1.82) is 0 Å². The van der Waals surface area contributed by atoms with Gasteiger partial charge in [0, 0.05) is 5.56 Å². The summed E-state index contributed by atoms with van der Waals surface area (Å²) in [5.74, 6) is -0.725. The quantitative estimate of drug-likeness (QED) is 0.476. The van der Waals surface area contributed by atoms with Gasteiger partial charge in [0.2, 0.25) is 0 Å². The number of carbonyl (C=O) groups is 3. The molecule has 0 heterocycles. The topological polar surface area (TPSA) is 60.4 Å². The van der Waals surface area contributed by atoms with Crippen molar-refractivity contribution in [3.63, 3.8) is 0 Å². The van der Waals surface area contributed by atoms with Gasteiger partial charge in [-0.25, -0.2) is 4.79 Å². The van der Waals surface area contributed by atoms with Crippen LogP contribution in [-0.2, 0) is 9.53 Å². The molecule has 1 unspecified atom stereocenters. The highest BCUT2D eigenvalue weighted by atomic mass is 79.9. The van der Waals surface area contributed by atoms with Crippen molar-refractivity contribution in [3.8, 4) is 0 Å². The lowest BCUT2D eigenvalue weighted by Crippen LogP contribution is -2.14. The first kappa shape index (κ1) is 14.6. The summed E-state index contributed by atoms with van der Waals surface area (Å²) in [6.07, 6.45) is 0.620. The van der Waals surface area contributed by atoms with Crippen molar-refractivity contribution < 1.29 is 19.1 Å². The van der Waals surface area contributed by atoms with Crippen LogP contribution in [0.15, 0.2) is 18.2 Å². The third-order valence-corrected chi connectivity index (χ3v) is 3.48. The number of rotatable bonds is 5. The maximum atomic E-state index is 11.8. The van der Waals surface area contributed by atoms with Crippen LogP contribution in [0.25, 0.3) is 0 Å². The molecule has 96 valence electrons. The van der Waals surface area contributed by atoms with Crippen molar-refractivity contribution in [1.82, 2.24) is 0 Å². The Morgan fingerprint density at radius 2 is 2.11 bits per heavy atom. The molecular weight excluding hydrogens is 300 g/mol. The Labute approximate surface area is 113 Å². The third kappa shape index (κ3) is 3.04. The Balaban J connectivity index is 3.37. The zero-order valence-corrected chi connectivity index (χ0v) is 11.7. The molecule has 4 nitrogen and oxygen atoms in total. The van der Waals surface area contributed by atoms with E-state index in [-0.39, 0.29) is 18.0 Å². The van der Waals surface area contributed by atoms with E-state index in [1.165, 1.54) is 13.0 Å². The number of ketones is 1. The first-order chi connectivity index (χ1) is 8.52. The van der Waals surface area contributed by atoms with E-state index in [0.29, 0.717) is 17.4 Å². The molecular formula is C13H13BrO4. The fourth-order valence-electron chi connectivity index (χ4n) is 1.56. The highest BCUT2D eigenvalue weighted by Gasteiger charge is 2.24. The van der Waals surface area contributed by atoms with Crippen LogP contribution in [0.2, 0.25) is 0 Å². The van der Waals surface area contributed by atoms with Gasteiger partial charge in [-0.2, -0.15) is 0 Å². The largest absolute Gasteiger partial charge is 0.462 e. The van der Waals surface area contributed by atoms with Gasteiger partial charge in [-0.15, -0.1) is 0 Å². The first-order valence-electron chi connectivity index (χ1n) is 5.42. The van der Waals surface area contributed by atoms with Crippen LogP contribution in [0.4, 0.5) is 0 Å². The van der Waals surface area contributed by atoms with Gasteiger partial charge in [0.1, 0.15) is 12.1 Å². The molecule has 18 heavy (non-hydrogen) atoms. The summed E-state index contributed by atoms with van der Waals surface area (Å²) < 4.78 is 4.91. The Bertz CT molecular complexity index is 482. The average molecular weight is 313 g/mol. The molecule has 0 spiro atoms. The second kappa shape index (κ2) is 6.44. The molecule has 0 radical (unpaired) electrons. The minimum atomic E-state index is -0.696. The number of ether oxygens (including phenoxy) is 1. The van der Waals surface area contributed by atoms with Crippen molar-refractivity contribution in [3.05, 3.63) is 34.9 Å². The Hall–Kier alpha value is -1.49. The van der Waals surface area contributed by atoms with Gasteiger partial charge in [0.05, 0.1) is 17.0 Å². The fraction of sp³-hybridized carbons (Fsp3) is 0.308. The van der Waals surface area contributed by atoms with Gasteiger partial charge in [-0.1, -0.05) is 28.1 Å². The molecule has 0 N–H and O–H groups in total. The van der Waals surface area contributed by atoms with Crippen LogP contribution in [0.1, 0.15) is 45.0 Å². The SMILES string of the molecule is CCOC(=O)c1cccc(C=O)c1C(Br)C(C)=O. The zero-order chi connectivity index (χ0) is 13.7. The molecule has 0 aliphatic heterocycles. The number of hydrogen-bond donors (Lipinski definition) is 0. The Morgan fingerprint density at radius 3 is 2.61 bits per heavy atom. The van der Waals surface area contributed by atoms with E-state index in [0.717, 1.165) is 0 Å². The van der Waals surface area contributed by atoms with E-state index in [4.69, 9.17) is 4.74 Å². The van der Waals surface area contributed by atoms with Gasteiger partial charge in [-0.3, -0.25) is 9.59 Å². The van der Waals surface area contributed by atoms with Gasteiger partial charge in [-0.05, 0) is 25.5 Å². The number of hydrogen-bond acceptors (Lipinski definition) is 4. The maximum absolute atomic E-state index is 11.8. The molecule has 5 heteroatoms. The normalized spacial score (nSPS) is 11.7. The number of carbonyl (C=O) groups excluding carboxylic acids is 3. The molecule has 0 aliphatic rings. The van der Waals surface area contributed by atoms with Crippen LogP contribution in [0.5, 0.6) is 0 Å². The number of Topliss-reactive ketones (excluding diaryl/α,β-unsaturated/α-hetero) is 1. The fourth-order valence-corrected chi connectivity index (χ4v) is 2.07.